The Morgan fingerprint density at radius 1 is 0.667 bits per heavy atom. The molecular weight excluding hydrogens is 340 g/mol. The predicted molar refractivity (Wildman–Crippen MR) is 111 cm³/mol. The van der Waals surface area contributed by atoms with E-state index in [-0.39, 0.29) is 0 Å². The van der Waals surface area contributed by atoms with Gasteiger partial charge >= 0.3 is 0 Å². The molecule has 0 unspecified atom stereocenters. The van der Waals surface area contributed by atoms with E-state index in [1.807, 2.05) is 0 Å². The van der Waals surface area contributed by atoms with Crippen LogP contribution in [0.4, 0.5) is 0 Å². The van der Waals surface area contributed by atoms with E-state index in [1.165, 1.54) is 50.5 Å². The molecule has 0 N–H and O–H groups in total. The van der Waals surface area contributed by atoms with Crippen LogP contribution in [0.2, 0.25) is 0 Å². The Balaban J connectivity index is 1.95. The van der Waals surface area contributed by atoms with E-state index in [0.29, 0.717) is 46.2 Å². The molecule has 0 spiro atoms. The summed E-state index contributed by atoms with van der Waals surface area (Å²) in [4.78, 5) is 0. The van der Waals surface area contributed by atoms with Crippen molar-refractivity contribution in [3.8, 4) is 5.75 Å². The first-order chi connectivity index (χ1) is 13.4. The average Bonchev–Trinajstić information content (AvgIpc) is 2.70. The lowest BCUT2D eigenvalue weighted by Crippen LogP contribution is -2.12. The number of ether oxygens (including phenoxy) is 4. The third kappa shape index (κ3) is 14.6. The van der Waals surface area contributed by atoms with Crippen LogP contribution in [-0.4, -0.2) is 46.2 Å². The van der Waals surface area contributed by atoms with Crippen LogP contribution in [0.3, 0.4) is 0 Å². The van der Waals surface area contributed by atoms with Crippen molar-refractivity contribution in [3.63, 3.8) is 0 Å². The number of unbranched alkanes of at least 4 members (excludes halogenated alkanes) is 6. The van der Waals surface area contributed by atoms with Gasteiger partial charge < -0.3 is 18.9 Å². The van der Waals surface area contributed by atoms with Gasteiger partial charge in [0.1, 0.15) is 12.4 Å². The molecule has 155 valence electrons. The van der Waals surface area contributed by atoms with E-state index in [2.05, 4.69) is 38.1 Å². The van der Waals surface area contributed by atoms with E-state index in [4.69, 9.17) is 18.9 Å². The molecule has 0 atom stereocenters. The maximum absolute atomic E-state index is 5.71. The second-order valence-corrected chi connectivity index (χ2v) is 6.70. The third-order valence-electron chi connectivity index (χ3n) is 4.38. The number of benzene rings is 1. The Bertz CT molecular complexity index is 419. The first-order valence-corrected chi connectivity index (χ1v) is 10.6. The summed E-state index contributed by atoms with van der Waals surface area (Å²) in [5.74, 6) is 0.906. The Labute approximate surface area is 166 Å². The molecule has 4 nitrogen and oxygen atoms in total. The highest BCUT2D eigenvalue weighted by Crippen LogP contribution is 2.15. The Morgan fingerprint density at radius 2 is 1.22 bits per heavy atom. The molecule has 0 saturated carbocycles. The fourth-order valence-corrected chi connectivity index (χ4v) is 2.80. The summed E-state index contributed by atoms with van der Waals surface area (Å²) in [6.07, 6.45) is 10.6. The van der Waals surface area contributed by atoms with Crippen LogP contribution < -0.4 is 4.74 Å². The van der Waals surface area contributed by atoms with Crippen LogP contribution in [0, 0.1) is 6.92 Å². The minimum Gasteiger partial charge on any atom is -0.491 e. The summed E-state index contributed by atoms with van der Waals surface area (Å²) >= 11 is 0. The van der Waals surface area contributed by atoms with Gasteiger partial charge in [-0.3, -0.25) is 0 Å². The Kier molecular flexibility index (Phi) is 16.2. The zero-order valence-electron chi connectivity index (χ0n) is 17.3. The van der Waals surface area contributed by atoms with E-state index in [9.17, 15) is 0 Å². The summed E-state index contributed by atoms with van der Waals surface area (Å²) < 4.78 is 21.6. The highest BCUT2D eigenvalue weighted by atomic mass is 16.6. The fraction of sp³-hybridized carbons (Fsp3) is 0.696. The highest BCUT2D eigenvalue weighted by molar-refractivity contribution is 5.27. The lowest BCUT2D eigenvalue weighted by atomic mass is 10.0. The van der Waals surface area contributed by atoms with Crippen molar-refractivity contribution in [2.45, 2.75) is 58.3 Å². The molecule has 1 rings (SSSR count). The Morgan fingerprint density at radius 3 is 1.85 bits per heavy atom. The lowest BCUT2D eigenvalue weighted by Gasteiger charge is -2.09. The van der Waals surface area contributed by atoms with Crippen LogP contribution in [-0.2, 0) is 20.6 Å². The topological polar surface area (TPSA) is 36.9 Å². The molecule has 0 bridgehead atoms. The summed E-state index contributed by atoms with van der Waals surface area (Å²) in [6.45, 7) is 9.79. The van der Waals surface area contributed by atoms with Gasteiger partial charge in [0.05, 0.1) is 33.0 Å². The third-order valence-corrected chi connectivity index (χ3v) is 4.38. The molecule has 0 aliphatic carbocycles. The second-order valence-electron chi connectivity index (χ2n) is 6.70. The summed E-state index contributed by atoms with van der Waals surface area (Å²) in [7, 11) is 0. The van der Waals surface area contributed by atoms with Crippen LogP contribution in [0.15, 0.2) is 24.3 Å². The molecule has 4 heteroatoms. The molecule has 0 amide bonds. The zero-order chi connectivity index (χ0) is 19.4. The van der Waals surface area contributed by atoms with Gasteiger partial charge in [-0.1, -0.05) is 57.6 Å². The standard InChI is InChI=1S/C23H39O4/c1-3-5-6-7-8-9-10-11-22-12-14-23(15-13-22)27-21-20-26-19-18-25-17-16-24-4-2/h12-15H,2-11,16-21H2,1H3. The number of hydrogen-bond acceptors (Lipinski definition) is 4. The van der Waals surface area contributed by atoms with Crippen molar-refractivity contribution in [1.29, 1.82) is 0 Å². The maximum atomic E-state index is 5.71. The summed E-state index contributed by atoms with van der Waals surface area (Å²) in [6, 6.07) is 8.47. The van der Waals surface area contributed by atoms with Gasteiger partial charge in [-0.25, -0.2) is 0 Å². The molecule has 0 aromatic heterocycles. The first kappa shape index (κ1) is 23.9. The molecular formula is C23H39O4. The number of hydrogen-bond donors (Lipinski definition) is 0. The number of rotatable bonds is 19. The molecule has 1 radical (unpaired) electrons. The van der Waals surface area contributed by atoms with E-state index < -0.39 is 0 Å². The van der Waals surface area contributed by atoms with Gasteiger partial charge in [-0.2, -0.15) is 0 Å². The molecule has 0 aliphatic heterocycles. The monoisotopic (exact) mass is 379 g/mol. The van der Waals surface area contributed by atoms with Gasteiger partial charge in [0.25, 0.3) is 0 Å². The molecule has 0 aliphatic rings. The van der Waals surface area contributed by atoms with Crippen LogP contribution in [0.1, 0.15) is 57.4 Å². The van der Waals surface area contributed by atoms with E-state index in [1.54, 1.807) is 0 Å². The number of aryl methyl sites for hydroxylation is 1. The predicted octanol–water partition coefficient (Wildman–Crippen LogP) is 5.24. The van der Waals surface area contributed by atoms with Crippen molar-refractivity contribution >= 4 is 0 Å². The van der Waals surface area contributed by atoms with Crippen molar-refractivity contribution in [2.75, 3.05) is 46.2 Å². The highest BCUT2D eigenvalue weighted by Gasteiger charge is 1.98. The molecule has 1 aromatic carbocycles. The summed E-state index contributed by atoms with van der Waals surface area (Å²) in [5.41, 5.74) is 1.40. The van der Waals surface area contributed by atoms with Crippen molar-refractivity contribution in [1.82, 2.24) is 0 Å². The summed E-state index contributed by atoms with van der Waals surface area (Å²) in [5, 5.41) is 0. The minimum absolute atomic E-state index is 0.483. The van der Waals surface area contributed by atoms with Crippen molar-refractivity contribution < 1.29 is 18.9 Å². The van der Waals surface area contributed by atoms with Gasteiger partial charge in [0.2, 0.25) is 0 Å². The first-order valence-electron chi connectivity index (χ1n) is 10.6. The van der Waals surface area contributed by atoms with Crippen LogP contribution in [0.25, 0.3) is 0 Å². The van der Waals surface area contributed by atoms with Gasteiger partial charge in [0, 0.05) is 6.61 Å². The SMILES string of the molecule is [CH2]COCCOCCOCCOc1ccc(CCCCCCCCC)cc1. The molecule has 0 fully saturated rings. The molecule has 27 heavy (non-hydrogen) atoms. The van der Waals surface area contributed by atoms with E-state index in [0.717, 1.165) is 12.2 Å². The quantitative estimate of drug-likeness (QED) is 0.308. The zero-order valence-corrected chi connectivity index (χ0v) is 17.3. The fourth-order valence-electron chi connectivity index (χ4n) is 2.80. The van der Waals surface area contributed by atoms with Crippen molar-refractivity contribution in [3.05, 3.63) is 36.8 Å². The molecule has 0 heterocycles. The van der Waals surface area contributed by atoms with Crippen LogP contribution >= 0.6 is 0 Å². The molecule has 0 saturated heterocycles. The van der Waals surface area contributed by atoms with Crippen molar-refractivity contribution in [2.24, 2.45) is 0 Å². The van der Waals surface area contributed by atoms with E-state index >= 15 is 0 Å². The minimum atomic E-state index is 0.483. The second kappa shape index (κ2) is 18.3. The van der Waals surface area contributed by atoms with Gasteiger partial charge in [0.15, 0.2) is 0 Å². The lowest BCUT2D eigenvalue weighted by molar-refractivity contribution is 0.0133. The van der Waals surface area contributed by atoms with Gasteiger partial charge in [-0.05, 0) is 37.5 Å². The smallest absolute Gasteiger partial charge is 0.119 e. The Hall–Kier alpha value is -1.10. The average molecular weight is 380 g/mol. The normalized spacial score (nSPS) is 11.0. The molecule has 1 aromatic rings. The van der Waals surface area contributed by atoms with Gasteiger partial charge in [-0.15, -0.1) is 0 Å². The largest absolute Gasteiger partial charge is 0.491 e. The van der Waals surface area contributed by atoms with Crippen LogP contribution in [0.5, 0.6) is 5.75 Å². The maximum Gasteiger partial charge on any atom is 0.119 e.